The second-order valence-corrected chi connectivity index (χ2v) is 6.15. The Bertz CT molecular complexity index is 577. The fourth-order valence-corrected chi connectivity index (χ4v) is 3.28. The number of amides is 2. The SMILES string of the molecule is CC1COCC(C)N1C(=O)c1cccc(N2CCCC2=O)c1. The van der Waals surface area contributed by atoms with Crippen molar-refractivity contribution in [2.24, 2.45) is 0 Å². The van der Waals surface area contributed by atoms with Gasteiger partial charge in [-0.25, -0.2) is 0 Å². The molecule has 1 aromatic carbocycles. The monoisotopic (exact) mass is 302 g/mol. The number of carbonyl (C=O) groups is 2. The molecule has 2 aliphatic rings. The van der Waals surface area contributed by atoms with E-state index in [0.29, 0.717) is 25.2 Å². The van der Waals surface area contributed by atoms with Crippen LogP contribution in [0, 0.1) is 0 Å². The molecule has 0 spiro atoms. The van der Waals surface area contributed by atoms with Gasteiger partial charge in [0, 0.05) is 24.2 Å². The van der Waals surface area contributed by atoms with E-state index in [-0.39, 0.29) is 23.9 Å². The van der Waals surface area contributed by atoms with E-state index < -0.39 is 0 Å². The first-order valence-electron chi connectivity index (χ1n) is 7.89. The van der Waals surface area contributed by atoms with Gasteiger partial charge in [-0.15, -0.1) is 0 Å². The van der Waals surface area contributed by atoms with Crippen LogP contribution in [0.5, 0.6) is 0 Å². The Morgan fingerprint density at radius 1 is 1.23 bits per heavy atom. The third-order valence-corrected chi connectivity index (χ3v) is 4.38. The smallest absolute Gasteiger partial charge is 0.254 e. The minimum atomic E-state index is 0.0109. The lowest BCUT2D eigenvalue weighted by Crippen LogP contribution is -2.52. The number of anilines is 1. The Hall–Kier alpha value is -1.88. The molecule has 2 atom stereocenters. The van der Waals surface area contributed by atoms with E-state index in [0.717, 1.165) is 18.7 Å². The molecule has 0 saturated carbocycles. The van der Waals surface area contributed by atoms with Crippen molar-refractivity contribution in [2.45, 2.75) is 38.8 Å². The summed E-state index contributed by atoms with van der Waals surface area (Å²) in [6, 6.07) is 7.53. The summed E-state index contributed by atoms with van der Waals surface area (Å²) in [5, 5.41) is 0. The molecule has 2 fully saturated rings. The van der Waals surface area contributed by atoms with Crippen LogP contribution in [0.3, 0.4) is 0 Å². The molecule has 5 heteroatoms. The maximum absolute atomic E-state index is 12.8. The Morgan fingerprint density at radius 2 is 1.95 bits per heavy atom. The molecule has 2 unspecified atom stereocenters. The first-order chi connectivity index (χ1) is 10.6. The van der Waals surface area contributed by atoms with Crippen molar-refractivity contribution in [2.75, 3.05) is 24.7 Å². The second kappa shape index (κ2) is 6.08. The van der Waals surface area contributed by atoms with Crippen LogP contribution in [-0.4, -0.2) is 48.6 Å². The lowest BCUT2D eigenvalue weighted by molar-refractivity contribution is -0.117. The van der Waals surface area contributed by atoms with Crippen LogP contribution >= 0.6 is 0 Å². The number of ether oxygens (including phenoxy) is 1. The molecular formula is C17H22N2O3. The summed E-state index contributed by atoms with van der Waals surface area (Å²) in [5.74, 6) is 0.148. The summed E-state index contributed by atoms with van der Waals surface area (Å²) in [4.78, 5) is 28.4. The molecular weight excluding hydrogens is 280 g/mol. The molecule has 0 N–H and O–H groups in total. The van der Waals surface area contributed by atoms with E-state index in [1.165, 1.54) is 0 Å². The Kier molecular flexibility index (Phi) is 4.16. The first kappa shape index (κ1) is 15.0. The van der Waals surface area contributed by atoms with E-state index in [1.54, 1.807) is 4.90 Å². The van der Waals surface area contributed by atoms with Gasteiger partial charge in [-0.3, -0.25) is 9.59 Å². The average molecular weight is 302 g/mol. The van der Waals surface area contributed by atoms with E-state index >= 15 is 0 Å². The summed E-state index contributed by atoms with van der Waals surface area (Å²) < 4.78 is 5.48. The molecule has 0 radical (unpaired) electrons. The van der Waals surface area contributed by atoms with Gasteiger partial charge < -0.3 is 14.5 Å². The molecule has 0 aromatic heterocycles. The summed E-state index contributed by atoms with van der Waals surface area (Å²) in [6.45, 7) is 5.88. The molecule has 2 heterocycles. The number of hydrogen-bond donors (Lipinski definition) is 0. The second-order valence-electron chi connectivity index (χ2n) is 6.15. The molecule has 3 rings (SSSR count). The van der Waals surface area contributed by atoms with Crippen molar-refractivity contribution in [1.29, 1.82) is 0 Å². The molecule has 22 heavy (non-hydrogen) atoms. The number of benzene rings is 1. The van der Waals surface area contributed by atoms with Crippen LogP contribution in [0.1, 0.15) is 37.0 Å². The average Bonchev–Trinajstić information content (AvgIpc) is 2.93. The zero-order valence-corrected chi connectivity index (χ0v) is 13.1. The molecule has 5 nitrogen and oxygen atoms in total. The normalized spacial score (nSPS) is 25.6. The third kappa shape index (κ3) is 2.73. The highest BCUT2D eigenvalue weighted by Crippen LogP contribution is 2.24. The van der Waals surface area contributed by atoms with Crippen molar-refractivity contribution in [1.82, 2.24) is 4.90 Å². The molecule has 118 valence electrons. The van der Waals surface area contributed by atoms with Crippen molar-refractivity contribution in [3.05, 3.63) is 29.8 Å². The van der Waals surface area contributed by atoms with Crippen LogP contribution in [0.4, 0.5) is 5.69 Å². The van der Waals surface area contributed by atoms with Crippen LogP contribution < -0.4 is 4.90 Å². The fourth-order valence-electron chi connectivity index (χ4n) is 3.28. The Morgan fingerprint density at radius 3 is 2.59 bits per heavy atom. The number of nitrogens with zero attached hydrogens (tertiary/aromatic N) is 2. The van der Waals surface area contributed by atoms with Gasteiger partial charge in [0.25, 0.3) is 5.91 Å². The van der Waals surface area contributed by atoms with E-state index in [9.17, 15) is 9.59 Å². The van der Waals surface area contributed by atoms with Crippen molar-refractivity contribution >= 4 is 17.5 Å². The molecule has 2 saturated heterocycles. The maximum atomic E-state index is 12.8. The summed E-state index contributed by atoms with van der Waals surface area (Å²) in [5.41, 5.74) is 1.46. The van der Waals surface area contributed by atoms with Crippen molar-refractivity contribution in [3.8, 4) is 0 Å². The third-order valence-electron chi connectivity index (χ3n) is 4.38. The van der Waals surface area contributed by atoms with Gasteiger partial charge in [0.15, 0.2) is 0 Å². The van der Waals surface area contributed by atoms with Gasteiger partial charge in [0.05, 0.1) is 25.3 Å². The highest BCUT2D eigenvalue weighted by atomic mass is 16.5. The highest BCUT2D eigenvalue weighted by molar-refractivity contribution is 5.99. The molecule has 0 bridgehead atoms. The van der Waals surface area contributed by atoms with Crippen LogP contribution in [0.2, 0.25) is 0 Å². The van der Waals surface area contributed by atoms with Crippen molar-refractivity contribution in [3.63, 3.8) is 0 Å². The Balaban J connectivity index is 1.85. The van der Waals surface area contributed by atoms with Gasteiger partial charge in [0.2, 0.25) is 5.91 Å². The van der Waals surface area contributed by atoms with Crippen LogP contribution in [0.15, 0.2) is 24.3 Å². The standard InChI is InChI=1S/C17H22N2O3/c1-12-10-22-11-13(2)19(12)17(21)14-5-3-6-15(9-14)18-8-4-7-16(18)20/h3,5-6,9,12-13H,4,7-8,10-11H2,1-2H3. The Labute approximate surface area is 130 Å². The maximum Gasteiger partial charge on any atom is 0.254 e. The van der Waals surface area contributed by atoms with Gasteiger partial charge in [-0.1, -0.05) is 6.07 Å². The van der Waals surface area contributed by atoms with Crippen LogP contribution in [-0.2, 0) is 9.53 Å². The zero-order valence-electron chi connectivity index (χ0n) is 13.1. The fraction of sp³-hybridized carbons (Fsp3) is 0.529. The number of carbonyl (C=O) groups excluding carboxylic acids is 2. The van der Waals surface area contributed by atoms with Crippen molar-refractivity contribution < 1.29 is 14.3 Å². The highest BCUT2D eigenvalue weighted by Gasteiger charge is 2.31. The zero-order chi connectivity index (χ0) is 15.7. The quantitative estimate of drug-likeness (QED) is 0.840. The lowest BCUT2D eigenvalue weighted by atomic mass is 10.1. The minimum absolute atomic E-state index is 0.0109. The van der Waals surface area contributed by atoms with E-state index in [2.05, 4.69) is 0 Å². The molecule has 2 amide bonds. The lowest BCUT2D eigenvalue weighted by Gasteiger charge is -2.39. The largest absolute Gasteiger partial charge is 0.377 e. The summed E-state index contributed by atoms with van der Waals surface area (Å²) in [7, 11) is 0. The predicted molar refractivity (Wildman–Crippen MR) is 83.9 cm³/mol. The first-order valence-corrected chi connectivity index (χ1v) is 7.89. The van der Waals surface area contributed by atoms with Crippen LogP contribution in [0.25, 0.3) is 0 Å². The predicted octanol–water partition coefficient (Wildman–Crippen LogP) is 2.06. The van der Waals surface area contributed by atoms with Gasteiger partial charge in [0.1, 0.15) is 0 Å². The topological polar surface area (TPSA) is 49.9 Å². The summed E-state index contributed by atoms with van der Waals surface area (Å²) in [6.07, 6.45) is 1.48. The van der Waals surface area contributed by atoms with Gasteiger partial charge in [-0.2, -0.15) is 0 Å². The molecule has 2 aliphatic heterocycles. The number of hydrogen-bond acceptors (Lipinski definition) is 3. The van der Waals surface area contributed by atoms with E-state index in [1.807, 2.05) is 43.0 Å². The summed E-state index contributed by atoms with van der Waals surface area (Å²) >= 11 is 0. The van der Waals surface area contributed by atoms with E-state index in [4.69, 9.17) is 4.74 Å². The number of rotatable bonds is 2. The minimum Gasteiger partial charge on any atom is -0.377 e. The molecule has 1 aromatic rings. The van der Waals surface area contributed by atoms with Gasteiger partial charge >= 0.3 is 0 Å². The van der Waals surface area contributed by atoms with Gasteiger partial charge in [-0.05, 0) is 38.5 Å². The number of morpholine rings is 1. The molecule has 0 aliphatic carbocycles.